The third-order valence-electron chi connectivity index (χ3n) is 5.57. The molecule has 28 heavy (non-hydrogen) atoms. The average molecular weight is 370 g/mol. The summed E-state index contributed by atoms with van der Waals surface area (Å²) in [7, 11) is 1.68. The summed E-state index contributed by atoms with van der Waals surface area (Å²) in [4.78, 5) is 4.60. The predicted octanol–water partition coefficient (Wildman–Crippen LogP) is 4.10. The van der Waals surface area contributed by atoms with Gasteiger partial charge in [-0.1, -0.05) is 12.5 Å². The van der Waals surface area contributed by atoms with E-state index in [-0.39, 0.29) is 5.41 Å². The van der Waals surface area contributed by atoms with Crippen LogP contribution in [-0.2, 0) is 5.41 Å². The summed E-state index contributed by atoms with van der Waals surface area (Å²) in [5.74, 6) is 0.834. The van der Waals surface area contributed by atoms with Crippen LogP contribution >= 0.6 is 0 Å². The highest BCUT2D eigenvalue weighted by molar-refractivity contribution is 5.83. The van der Waals surface area contributed by atoms with Gasteiger partial charge in [0.2, 0.25) is 0 Å². The Bertz CT molecular complexity index is 1120. The van der Waals surface area contributed by atoms with Crippen molar-refractivity contribution < 1.29 is 4.74 Å². The van der Waals surface area contributed by atoms with E-state index in [9.17, 15) is 0 Å². The van der Waals surface area contributed by atoms with Crippen LogP contribution in [0.3, 0.4) is 0 Å². The second kappa shape index (κ2) is 6.71. The second-order valence-electron chi connectivity index (χ2n) is 7.25. The molecule has 1 radical (unpaired) electrons. The molecule has 5 rings (SSSR count). The molecule has 1 aliphatic carbocycles. The minimum absolute atomic E-state index is 0.0829. The summed E-state index contributed by atoms with van der Waals surface area (Å²) in [6, 6.07) is 14.1. The maximum Gasteiger partial charge on any atom is 0.122 e. The van der Waals surface area contributed by atoms with E-state index in [0.29, 0.717) is 0 Å². The number of nitrogens with one attached hydrogen (secondary N) is 1. The van der Waals surface area contributed by atoms with Crippen LogP contribution < -0.4 is 4.74 Å². The van der Waals surface area contributed by atoms with Crippen molar-refractivity contribution in [2.45, 2.75) is 24.7 Å². The van der Waals surface area contributed by atoms with Crippen molar-refractivity contribution in [2.75, 3.05) is 7.11 Å². The number of hydrogen-bond acceptors (Lipinski definition) is 5. The largest absolute Gasteiger partial charge is 0.497 e. The van der Waals surface area contributed by atoms with Gasteiger partial charge in [-0.3, -0.25) is 10.1 Å². The number of methoxy groups -OCH3 is 1. The maximum absolute atomic E-state index is 5.37. The van der Waals surface area contributed by atoms with Gasteiger partial charge in [0.25, 0.3) is 0 Å². The lowest BCUT2D eigenvalue weighted by atomic mass is 9.64. The average Bonchev–Trinajstić information content (AvgIpc) is 3.19. The van der Waals surface area contributed by atoms with E-state index >= 15 is 0 Å². The number of ether oxygens (including phenoxy) is 1. The number of fused-ring (bicyclic) bond motifs is 1. The standard InChI is InChI=1S/C22H20N5O/c1-28-18-7-10-23-21(12-18)22(8-2-9-22)13-17-4-6-19(27-25-17)15-3-5-20-16(11-15)14-24-26-20/h3-7,10-14H,2,8-9H2,1H3,(H,24,26). The first-order valence-electron chi connectivity index (χ1n) is 9.39. The zero-order valence-electron chi connectivity index (χ0n) is 15.6. The van der Waals surface area contributed by atoms with E-state index in [0.717, 1.165) is 52.1 Å². The van der Waals surface area contributed by atoms with Crippen molar-refractivity contribution in [1.82, 2.24) is 25.4 Å². The first kappa shape index (κ1) is 16.9. The van der Waals surface area contributed by atoms with Crippen molar-refractivity contribution in [3.8, 4) is 17.0 Å². The molecular formula is C22H20N5O. The SMILES string of the molecule is COc1ccnc(C2([CH]c3ccc(-c4ccc5[nH]ncc5c4)nn3)CCC2)c1. The Kier molecular flexibility index (Phi) is 4.04. The van der Waals surface area contributed by atoms with Crippen molar-refractivity contribution in [3.63, 3.8) is 0 Å². The van der Waals surface area contributed by atoms with Crippen LogP contribution in [0.5, 0.6) is 5.75 Å². The van der Waals surface area contributed by atoms with Crippen LogP contribution in [0.1, 0.15) is 30.7 Å². The Hall–Kier alpha value is -3.28. The Morgan fingerprint density at radius 3 is 2.75 bits per heavy atom. The summed E-state index contributed by atoms with van der Waals surface area (Å²) < 4.78 is 5.37. The van der Waals surface area contributed by atoms with Crippen LogP contribution in [-0.4, -0.2) is 32.5 Å². The molecule has 1 aliphatic rings. The van der Waals surface area contributed by atoms with Crippen molar-refractivity contribution in [1.29, 1.82) is 0 Å². The molecule has 1 N–H and O–H groups in total. The van der Waals surface area contributed by atoms with E-state index in [1.807, 2.05) is 48.8 Å². The lowest BCUT2D eigenvalue weighted by molar-refractivity contribution is 0.283. The molecule has 139 valence electrons. The van der Waals surface area contributed by atoms with Gasteiger partial charge >= 0.3 is 0 Å². The number of H-pyrrole nitrogens is 1. The molecule has 0 bridgehead atoms. The van der Waals surface area contributed by atoms with Crippen molar-refractivity contribution in [2.24, 2.45) is 0 Å². The molecule has 6 nitrogen and oxygen atoms in total. The third kappa shape index (κ3) is 2.91. The van der Waals surface area contributed by atoms with Crippen LogP contribution in [0.25, 0.3) is 22.2 Å². The van der Waals surface area contributed by atoms with Crippen molar-refractivity contribution in [3.05, 3.63) is 72.7 Å². The van der Waals surface area contributed by atoms with Crippen LogP contribution in [0.2, 0.25) is 0 Å². The second-order valence-corrected chi connectivity index (χ2v) is 7.25. The highest BCUT2D eigenvalue weighted by atomic mass is 16.5. The fourth-order valence-electron chi connectivity index (χ4n) is 3.80. The number of nitrogens with zero attached hydrogens (tertiary/aromatic N) is 4. The highest BCUT2D eigenvalue weighted by Gasteiger charge is 2.41. The topological polar surface area (TPSA) is 76.6 Å². The summed E-state index contributed by atoms with van der Waals surface area (Å²) >= 11 is 0. The van der Waals surface area contributed by atoms with E-state index in [4.69, 9.17) is 4.74 Å². The summed E-state index contributed by atoms with van der Waals surface area (Å²) in [5.41, 5.74) is 4.72. The molecule has 6 heteroatoms. The molecule has 4 aromatic rings. The minimum atomic E-state index is -0.0829. The smallest absolute Gasteiger partial charge is 0.122 e. The number of pyridine rings is 1. The third-order valence-corrected chi connectivity index (χ3v) is 5.57. The lowest BCUT2D eigenvalue weighted by Gasteiger charge is -2.41. The molecule has 1 aromatic carbocycles. The van der Waals surface area contributed by atoms with Crippen LogP contribution in [0.4, 0.5) is 0 Å². The molecular weight excluding hydrogens is 350 g/mol. The summed E-state index contributed by atoms with van der Waals surface area (Å²) in [6.07, 6.45) is 9.14. The molecule has 0 saturated heterocycles. The van der Waals surface area contributed by atoms with Gasteiger partial charge in [0, 0.05) is 35.0 Å². The van der Waals surface area contributed by atoms with Gasteiger partial charge in [0.05, 0.1) is 35.9 Å². The number of hydrogen-bond donors (Lipinski definition) is 1. The Labute approximate surface area is 163 Å². The zero-order chi connectivity index (χ0) is 19.0. The molecule has 3 aromatic heterocycles. The van der Waals surface area contributed by atoms with E-state index in [1.54, 1.807) is 7.11 Å². The van der Waals surface area contributed by atoms with E-state index in [1.165, 1.54) is 6.42 Å². The van der Waals surface area contributed by atoms with Gasteiger partial charge in [-0.15, -0.1) is 0 Å². The van der Waals surface area contributed by atoms with E-state index in [2.05, 4.69) is 37.9 Å². The van der Waals surface area contributed by atoms with Crippen LogP contribution in [0, 0.1) is 6.42 Å². The first-order valence-corrected chi connectivity index (χ1v) is 9.39. The predicted molar refractivity (Wildman–Crippen MR) is 107 cm³/mol. The van der Waals surface area contributed by atoms with Crippen LogP contribution in [0.15, 0.2) is 54.9 Å². The zero-order valence-corrected chi connectivity index (χ0v) is 15.6. The quantitative estimate of drug-likeness (QED) is 0.572. The van der Waals surface area contributed by atoms with Gasteiger partial charge < -0.3 is 4.74 Å². The molecule has 1 saturated carbocycles. The minimum Gasteiger partial charge on any atom is -0.497 e. The summed E-state index contributed by atoms with van der Waals surface area (Å²) in [5, 5.41) is 17.0. The monoisotopic (exact) mass is 370 g/mol. The van der Waals surface area contributed by atoms with Gasteiger partial charge in [-0.25, -0.2) is 0 Å². The molecule has 0 atom stereocenters. The lowest BCUT2D eigenvalue weighted by Crippen LogP contribution is -2.36. The number of aromatic amines is 1. The maximum atomic E-state index is 5.37. The molecule has 0 spiro atoms. The molecule has 3 heterocycles. The Morgan fingerprint density at radius 1 is 1.07 bits per heavy atom. The van der Waals surface area contributed by atoms with Gasteiger partial charge in [-0.2, -0.15) is 15.3 Å². The first-order chi connectivity index (χ1) is 13.8. The number of benzene rings is 1. The van der Waals surface area contributed by atoms with Gasteiger partial charge in [-0.05, 0) is 43.2 Å². The normalized spacial score (nSPS) is 15.3. The fourth-order valence-corrected chi connectivity index (χ4v) is 3.80. The number of aromatic nitrogens is 5. The van der Waals surface area contributed by atoms with Crippen molar-refractivity contribution >= 4 is 10.9 Å². The van der Waals surface area contributed by atoms with Gasteiger partial charge in [0.1, 0.15) is 5.75 Å². The Balaban J connectivity index is 1.40. The van der Waals surface area contributed by atoms with Gasteiger partial charge in [0.15, 0.2) is 0 Å². The fraction of sp³-hybridized carbons (Fsp3) is 0.227. The summed E-state index contributed by atoms with van der Waals surface area (Å²) in [6.45, 7) is 0. The number of rotatable bonds is 5. The molecule has 1 fully saturated rings. The molecule has 0 amide bonds. The highest BCUT2D eigenvalue weighted by Crippen LogP contribution is 2.47. The molecule has 0 unspecified atom stereocenters. The Morgan fingerprint density at radius 2 is 2.00 bits per heavy atom. The van der Waals surface area contributed by atoms with E-state index < -0.39 is 0 Å². The molecule has 0 aliphatic heterocycles.